The predicted molar refractivity (Wildman–Crippen MR) is 116 cm³/mol. The van der Waals surface area contributed by atoms with Crippen molar-refractivity contribution in [2.75, 3.05) is 6.79 Å². The zero-order valence-electron chi connectivity index (χ0n) is 18.5. The van der Waals surface area contributed by atoms with E-state index in [4.69, 9.17) is 14.2 Å². The molecule has 0 aliphatic carbocycles. The number of benzene rings is 2. The Hall–Kier alpha value is -2.86. The first-order valence-corrected chi connectivity index (χ1v) is 10.7. The van der Waals surface area contributed by atoms with Gasteiger partial charge in [-0.1, -0.05) is 36.4 Å². The summed E-state index contributed by atoms with van der Waals surface area (Å²) >= 11 is 0. The molecule has 164 valence electrons. The Morgan fingerprint density at radius 3 is 2.45 bits per heavy atom. The predicted octanol–water partition coefficient (Wildman–Crippen LogP) is 4.28. The van der Waals surface area contributed by atoms with Crippen molar-refractivity contribution in [2.24, 2.45) is 5.92 Å². The summed E-state index contributed by atoms with van der Waals surface area (Å²) in [5.41, 5.74) is 1.41. The van der Waals surface area contributed by atoms with Gasteiger partial charge in [0, 0.05) is 18.5 Å². The summed E-state index contributed by atoms with van der Waals surface area (Å²) in [6.45, 7) is 7.90. The molecule has 0 bridgehead atoms. The summed E-state index contributed by atoms with van der Waals surface area (Å²) in [6.07, 6.45) is 0.427. The van der Waals surface area contributed by atoms with Crippen LogP contribution in [-0.2, 0) is 20.9 Å². The monoisotopic (exact) mass is 423 g/mol. The second-order valence-corrected chi connectivity index (χ2v) is 9.22. The van der Waals surface area contributed by atoms with Crippen molar-refractivity contribution in [3.8, 4) is 11.5 Å². The zero-order valence-corrected chi connectivity index (χ0v) is 18.5. The molecule has 2 aromatic rings. The lowest BCUT2D eigenvalue weighted by atomic mass is 9.90. The number of carbonyl (C=O) groups is 2. The molecular weight excluding hydrogens is 394 g/mol. The van der Waals surface area contributed by atoms with E-state index in [1.165, 1.54) is 0 Å². The Bertz CT molecular complexity index is 966. The maximum absolute atomic E-state index is 13.2. The second kappa shape index (κ2) is 8.35. The van der Waals surface area contributed by atoms with E-state index in [1.807, 2.05) is 69.3 Å². The Balaban J connectivity index is 1.74. The van der Waals surface area contributed by atoms with E-state index in [1.54, 1.807) is 6.92 Å². The highest BCUT2D eigenvalue weighted by Crippen LogP contribution is 2.45. The van der Waals surface area contributed by atoms with E-state index in [2.05, 4.69) is 4.90 Å². The number of likely N-dealkylation sites (tertiary alicyclic amines) is 1. The SMILES string of the molecule is CC(=O)[C@@H]1C[C@@H](C(=O)OC(C)(C)C)N(Cc2ccccc2)[C@@H]1c1ccc2c(c1)OCO2. The first-order valence-electron chi connectivity index (χ1n) is 10.7. The molecule has 2 aliphatic rings. The minimum atomic E-state index is -0.599. The van der Waals surface area contributed by atoms with Gasteiger partial charge in [-0.3, -0.25) is 14.5 Å². The van der Waals surface area contributed by atoms with E-state index in [9.17, 15) is 9.59 Å². The Labute approximate surface area is 183 Å². The number of hydrogen-bond donors (Lipinski definition) is 0. The smallest absolute Gasteiger partial charge is 0.323 e. The molecule has 6 nitrogen and oxygen atoms in total. The van der Waals surface area contributed by atoms with Gasteiger partial charge in [-0.2, -0.15) is 0 Å². The molecule has 3 atom stereocenters. The molecule has 0 radical (unpaired) electrons. The van der Waals surface area contributed by atoms with Crippen molar-refractivity contribution in [3.63, 3.8) is 0 Å². The van der Waals surface area contributed by atoms with Crippen molar-refractivity contribution in [2.45, 2.75) is 58.3 Å². The molecular formula is C25H29NO5. The standard InChI is InChI=1S/C25H29NO5/c1-16(27)19-13-20(24(28)31-25(2,3)4)26(14-17-8-6-5-7-9-17)23(19)18-10-11-21-22(12-18)30-15-29-21/h5-12,19-20,23H,13-15H2,1-4H3/t19-,20-,23+/m0/s1. The molecule has 1 fully saturated rings. The topological polar surface area (TPSA) is 65.1 Å². The van der Waals surface area contributed by atoms with Gasteiger partial charge in [-0.15, -0.1) is 0 Å². The molecule has 2 heterocycles. The summed E-state index contributed by atoms with van der Waals surface area (Å²) in [7, 11) is 0. The third-order valence-electron chi connectivity index (χ3n) is 5.76. The van der Waals surface area contributed by atoms with Gasteiger partial charge in [0.25, 0.3) is 0 Å². The Morgan fingerprint density at radius 1 is 1.06 bits per heavy atom. The number of fused-ring (bicyclic) bond motifs is 1. The van der Waals surface area contributed by atoms with Crippen LogP contribution < -0.4 is 9.47 Å². The lowest BCUT2D eigenvalue weighted by molar-refractivity contribution is -0.161. The highest BCUT2D eigenvalue weighted by molar-refractivity contribution is 5.83. The van der Waals surface area contributed by atoms with Gasteiger partial charge in [-0.25, -0.2) is 0 Å². The van der Waals surface area contributed by atoms with Crippen LogP contribution in [0.1, 0.15) is 51.3 Å². The third-order valence-corrected chi connectivity index (χ3v) is 5.76. The van der Waals surface area contributed by atoms with E-state index < -0.39 is 11.6 Å². The molecule has 1 saturated heterocycles. The Morgan fingerprint density at radius 2 is 1.77 bits per heavy atom. The fraction of sp³-hybridized carbons (Fsp3) is 0.440. The molecule has 31 heavy (non-hydrogen) atoms. The number of nitrogens with zero attached hydrogens (tertiary/aromatic N) is 1. The summed E-state index contributed by atoms with van der Waals surface area (Å²) in [5, 5.41) is 0. The van der Waals surface area contributed by atoms with Crippen molar-refractivity contribution >= 4 is 11.8 Å². The highest BCUT2D eigenvalue weighted by atomic mass is 16.7. The number of rotatable bonds is 5. The van der Waals surface area contributed by atoms with E-state index >= 15 is 0 Å². The molecule has 2 aliphatic heterocycles. The number of Topliss-reactive ketones (excluding diaryl/α,β-unsaturated/α-hetero) is 1. The van der Waals surface area contributed by atoms with Crippen LogP contribution in [0.5, 0.6) is 11.5 Å². The van der Waals surface area contributed by atoms with E-state index in [0.717, 1.165) is 11.1 Å². The normalized spacial score (nSPS) is 23.0. The number of ether oxygens (including phenoxy) is 3. The van der Waals surface area contributed by atoms with Gasteiger partial charge in [-0.05, 0) is 57.4 Å². The van der Waals surface area contributed by atoms with Crippen LogP contribution in [0.15, 0.2) is 48.5 Å². The molecule has 2 aromatic carbocycles. The van der Waals surface area contributed by atoms with Gasteiger partial charge in [0.05, 0.1) is 0 Å². The zero-order chi connectivity index (χ0) is 22.2. The number of hydrogen-bond acceptors (Lipinski definition) is 6. The molecule has 0 aromatic heterocycles. The van der Waals surface area contributed by atoms with Gasteiger partial charge in [0.2, 0.25) is 6.79 Å². The Kier molecular flexibility index (Phi) is 5.75. The average molecular weight is 424 g/mol. The van der Waals surface area contributed by atoms with Crippen LogP contribution in [0.2, 0.25) is 0 Å². The van der Waals surface area contributed by atoms with Gasteiger partial charge >= 0.3 is 5.97 Å². The van der Waals surface area contributed by atoms with Gasteiger partial charge in [0.1, 0.15) is 17.4 Å². The minimum Gasteiger partial charge on any atom is -0.459 e. The first-order chi connectivity index (χ1) is 14.7. The summed E-state index contributed by atoms with van der Waals surface area (Å²) in [6, 6.07) is 15.0. The average Bonchev–Trinajstić information content (AvgIpc) is 3.31. The summed E-state index contributed by atoms with van der Waals surface area (Å²) in [4.78, 5) is 28.0. The fourth-order valence-electron chi connectivity index (χ4n) is 4.44. The lowest BCUT2D eigenvalue weighted by Gasteiger charge is -2.32. The first kappa shape index (κ1) is 21.4. The molecule has 6 heteroatoms. The molecule has 0 N–H and O–H groups in total. The largest absolute Gasteiger partial charge is 0.459 e. The summed E-state index contributed by atoms with van der Waals surface area (Å²) in [5.74, 6) is 0.811. The van der Waals surface area contributed by atoms with Crippen LogP contribution in [0, 0.1) is 5.92 Å². The number of esters is 1. The van der Waals surface area contributed by atoms with E-state index in [-0.39, 0.29) is 30.5 Å². The quantitative estimate of drug-likeness (QED) is 0.669. The van der Waals surface area contributed by atoms with Gasteiger partial charge < -0.3 is 14.2 Å². The molecule has 0 saturated carbocycles. The lowest BCUT2D eigenvalue weighted by Crippen LogP contribution is -2.41. The van der Waals surface area contributed by atoms with Crippen LogP contribution in [0.25, 0.3) is 0 Å². The second-order valence-electron chi connectivity index (χ2n) is 9.22. The fourth-order valence-corrected chi connectivity index (χ4v) is 4.44. The molecule has 4 rings (SSSR count). The maximum atomic E-state index is 13.2. The van der Waals surface area contributed by atoms with Crippen molar-refractivity contribution in [3.05, 3.63) is 59.7 Å². The molecule has 0 unspecified atom stereocenters. The van der Waals surface area contributed by atoms with E-state index in [0.29, 0.717) is 24.5 Å². The van der Waals surface area contributed by atoms with Gasteiger partial charge in [0.15, 0.2) is 11.5 Å². The van der Waals surface area contributed by atoms with Crippen LogP contribution in [-0.4, -0.2) is 35.1 Å². The third kappa shape index (κ3) is 4.59. The summed E-state index contributed by atoms with van der Waals surface area (Å²) < 4.78 is 16.8. The van der Waals surface area contributed by atoms with Crippen molar-refractivity contribution < 1.29 is 23.8 Å². The van der Waals surface area contributed by atoms with Crippen molar-refractivity contribution in [1.29, 1.82) is 0 Å². The minimum absolute atomic E-state index is 0.0618. The molecule has 0 spiro atoms. The maximum Gasteiger partial charge on any atom is 0.323 e. The van der Waals surface area contributed by atoms with Crippen molar-refractivity contribution in [1.82, 2.24) is 4.90 Å². The molecule has 0 amide bonds. The highest BCUT2D eigenvalue weighted by Gasteiger charge is 2.48. The van der Waals surface area contributed by atoms with Crippen LogP contribution in [0.4, 0.5) is 0 Å². The van der Waals surface area contributed by atoms with Crippen LogP contribution in [0.3, 0.4) is 0 Å². The number of carbonyl (C=O) groups excluding carboxylic acids is 2. The van der Waals surface area contributed by atoms with Crippen LogP contribution >= 0.6 is 0 Å². The number of ketones is 1.